The Hall–Kier alpha value is -3.67. The van der Waals surface area contributed by atoms with Crippen LogP contribution in [-0.2, 0) is 17.9 Å². The number of benzene rings is 3. The fourth-order valence-electron chi connectivity index (χ4n) is 5.73. The van der Waals surface area contributed by atoms with Gasteiger partial charge in [0.15, 0.2) is 17.1 Å². The topological polar surface area (TPSA) is 85.6 Å². The molecule has 0 bridgehead atoms. The predicted molar refractivity (Wildman–Crippen MR) is 170 cm³/mol. The maximum atomic E-state index is 13.6. The lowest BCUT2D eigenvalue weighted by Crippen LogP contribution is -2.50. The highest BCUT2D eigenvalue weighted by Crippen LogP contribution is 2.33. The lowest BCUT2D eigenvalue weighted by molar-refractivity contribution is -0.132. The summed E-state index contributed by atoms with van der Waals surface area (Å²) in [7, 11) is 0. The molecule has 11 heteroatoms. The normalized spacial score (nSPS) is 15.8. The van der Waals surface area contributed by atoms with Crippen LogP contribution in [0.2, 0.25) is 0 Å². The number of para-hydroxylation sites is 1. The van der Waals surface area contributed by atoms with Crippen molar-refractivity contribution in [2.75, 3.05) is 33.0 Å². The van der Waals surface area contributed by atoms with Crippen LogP contribution in [0.4, 0.5) is 0 Å². The third kappa shape index (κ3) is 5.81. The van der Waals surface area contributed by atoms with Gasteiger partial charge in [-0.3, -0.25) is 9.69 Å². The third-order valence-electron chi connectivity index (χ3n) is 8.03. The molecule has 1 fully saturated rings. The van der Waals surface area contributed by atoms with Crippen LogP contribution in [0, 0.1) is 0 Å². The average Bonchev–Trinajstić information content (AvgIpc) is 3.63. The molecular formula is C32H31BrN6O3S. The molecule has 1 amide bonds. The van der Waals surface area contributed by atoms with E-state index < -0.39 is 0 Å². The summed E-state index contributed by atoms with van der Waals surface area (Å²) in [5.41, 5.74) is 4.96. The molecule has 3 aromatic carbocycles. The van der Waals surface area contributed by atoms with Crippen molar-refractivity contribution in [2.45, 2.75) is 36.8 Å². The van der Waals surface area contributed by atoms with Crippen LogP contribution in [-0.4, -0.2) is 73.7 Å². The number of piperazine rings is 1. The van der Waals surface area contributed by atoms with Gasteiger partial charge in [-0.25, -0.2) is 4.98 Å². The third-order valence-corrected chi connectivity index (χ3v) is 9.76. The first-order valence-corrected chi connectivity index (χ1v) is 16.2. The minimum atomic E-state index is -0.274. The van der Waals surface area contributed by atoms with Gasteiger partial charge in [0.25, 0.3) is 0 Å². The number of carbonyl (C=O) groups is 1. The van der Waals surface area contributed by atoms with Gasteiger partial charge in [0.2, 0.25) is 17.9 Å². The van der Waals surface area contributed by atoms with Crippen molar-refractivity contribution >= 4 is 55.7 Å². The summed E-state index contributed by atoms with van der Waals surface area (Å²) in [6.45, 7) is 6.83. The predicted octanol–water partition coefficient (Wildman–Crippen LogP) is 5.73. The number of nitrogens with zero attached hydrogens (tertiary/aromatic N) is 6. The van der Waals surface area contributed by atoms with Crippen LogP contribution in [0.3, 0.4) is 0 Å². The second kappa shape index (κ2) is 12.1. The van der Waals surface area contributed by atoms with E-state index in [-0.39, 0.29) is 18.0 Å². The van der Waals surface area contributed by atoms with Gasteiger partial charge in [0.05, 0.1) is 10.8 Å². The van der Waals surface area contributed by atoms with Crippen molar-refractivity contribution in [3.63, 3.8) is 0 Å². The van der Waals surface area contributed by atoms with Gasteiger partial charge >= 0.3 is 0 Å². The monoisotopic (exact) mass is 658 g/mol. The lowest BCUT2D eigenvalue weighted by Gasteiger charge is -2.36. The number of hydrogen-bond acceptors (Lipinski definition) is 8. The molecule has 220 valence electrons. The molecule has 1 unspecified atom stereocenters. The van der Waals surface area contributed by atoms with E-state index in [1.165, 1.54) is 17.3 Å². The molecule has 0 N–H and O–H groups in total. The van der Waals surface area contributed by atoms with Crippen molar-refractivity contribution in [2.24, 2.45) is 0 Å². The molecule has 1 atom stereocenters. The van der Waals surface area contributed by atoms with Crippen molar-refractivity contribution in [3.8, 4) is 11.5 Å². The van der Waals surface area contributed by atoms with Crippen LogP contribution in [0.15, 0.2) is 76.4 Å². The van der Waals surface area contributed by atoms with E-state index in [9.17, 15) is 4.79 Å². The summed E-state index contributed by atoms with van der Waals surface area (Å²) < 4.78 is 14.2. The largest absolute Gasteiger partial charge is 0.454 e. The quantitative estimate of drug-likeness (QED) is 0.195. The molecule has 43 heavy (non-hydrogen) atoms. The number of fused-ring (bicyclic) bond motifs is 4. The van der Waals surface area contributed by atoms with E-state index in [1.54, 1.807) is 0 Å². The minimum Gasteiger partial charge on any atom is -0.454 e. The van der Waals surface area contributed by atoms with E-state index >= 15 is 0 Å². The number of rotatable bonds is 8. The Balaban J connectivity index is 1.05. The second-order valence-corrected chi connectivity index (χ2v) is 12.9. The Morgan fingerprint density at radius 1 is 0.930 bits per heavy atom. The van der Waals surface area contributed by atoms with Gasteiger partial charge in [-0.1, -0.05) is 71.0 Å². The van der Waals surface area contributed by atoms with Crippen LogP contribution >= 0.6 is 27.7 Å². The highest BCUT2D eigenvalue weighted by molar-refractivity contribution is 9.10. The zero-order chi connectivity index (χ0) is 29.3. The summed E-state index contributed by atoms with van der Waals surface area (Å²) in [6, 6.07) is 22.6. The van der Waals surface area contributed by atoms with E-state index in [0.29, 0.717) is 31.2 Å². The Morgan fingerprint density at radius 2 is 1.70 bits per heavy atom. The van der Waals surface area contributed by atoms with Gasteiger partial charge < -0.3 is 18.9 Å². The first-order chi connectivity index (χ1) is 21.1. The number of hydrogen-bond donors (Lipinski definition) is 0. The summed E-state index contributed by atoms with van der Waals surface area (Å²) in [6.07, 6.45) is 0.685. The Labute approximate surface area is 262 Å². The second-order valence-electron chi connectivity index (χ2n) is 10.8. The van der Waals surface area contributed by atoms with E-state index in [4.69, 9.17) is 14.5 Å². The number of amides is 1. The Kier molecular flexibility index (Phi) is 7.94. The first kappa shape index (κ1) is 28.1. The van der Waals surface area contributed by atoms with Gasteiger partial charge in [-0.2, -0.15) is 0 Å². The van der Waals surface area contributed by atoms with Gasteiger partial charge in [0, 0.05) is 49.1 Å². The van der Waals surface area contributed by atoms with E-state index in [0.717, 1.165) is 63.2 Å². The maximum Gasteiger partial charge on any atom is 0.236 e. The number of carbonyl (C=O) groups excluding carboxylic acids is 1. The number of thioether (sulfide) groups is 1. The molecule has 0 saturated carbocycles. The molecule has 2 aromatic heterocycles. The van der Waals surface area contributed by atoms with Crippen molar-refractivity contribution in [3.05, 3.63) is 82.3 Å². The average molecular weight is 660 g/mol. The van der Waals surface area contributed by atoms with E-state index in [1.807, 2.05) is 48.2 Å². The fraction of sp³-hybridized carbons (Fsp3) is 0.312. The van der Waals surface area contributed by atoms with Crippen molar-refractivity contribution in [1.29, 1.82) is 0 Å². The molecular weight excluding hydrogens is 628 g/mol. The molecule has 0 radical (unpaired) electrons. The van der Waals surface area contributed by atoms with Gasteiger partial charge in [0.1, 0.15) is 5.52 Å². The molecule has 2 aliphatic rings. The number of aromatic nitrogens is 4. The molecule has 0 spiro atoms. The summed E-state index contributed by atoms with van der Waals surface area (Å²) >= 11 is 4.94. The highest BCUT2D eigenvalue weighted by Gasteiger charge is 2.29. The zero-order valence-corrected chi connectivity index (χ0v) is 26.2. The summed E-state index contributed by atoms with van der Waals surface area (Å²) in [5.74, 6) is 1.73. The first-order valence-electron chi connectivity index (χ1n) is 14.5. The van der Waals surface area contributed by atoms with Crippen LogP contribution in [0.25, 0.3) is 22.1 Å². The molecule has 0 aliphatic carbocycles. The molecule has 1 saturated heterocycles. The van der Waals surface area contributed by atoms with Crippen molar-refractivity contribution in [1.82, 2.24) is 29.5 Å². The standard InChI is InChI=1S/C32H31BrN6O3S/c1-2-28(31(40)38-15-13-37(14-16-38)18-22-9-12-26-27(17-22)42-20-41-26)43-32-34-30-29(35-36-32)24-5-3-4-6-25(24)39(30)19-21-7-10-23(33)11-8-21/h3-12,17,28H,2,13-16,18-20H2,1H3. The fourth-order valence-corrected chi connectivity index (χ4v) is 6.90. The summed E-state index contributed by atoms with van der Waals surface area (Å²) in [4.78, 5) is 23.0. The van der Waals surface area contributed by atoms with Crippen LogP contribution in [0.1, 0.15) is 24.5 Å². The van der Waals surface area contributed by atoms with E-state index in [2.05, 4.69) is 65.9 Å². The molecule has 4 heterocycles. The number of halogens is 1. The highest BCUT2D eigenvalue weighted by atomic mass is 79.9. The smallest absolute Gasteiger partial charge is 0.236 e. The SMILES string of the molecule is CCC(Sc1nnc2c3ccccc3n(Cc3ccc(Br)cc3)c2n1)C(=O)N1CCN(Cc2ccc3c(c2)OCO3)CC1. The van der Waals surface area contributed by atoms with Crippen LogP contribution < -0.4 is 9.47 Å². The van der Waals surface area contributed by atoms with Crippen LogP contribution in [0.5, 0.6) is 11.5 Å². The Bertz CT molecular complexity index is 1790. The maximum absolute atomic E-state index is 13.6. The van der Waals surface area contributed by atoms with Crippen molar-refractivity contribution < 1.29 is 14.3 Å². The Morgan fingerprint density at radius 3 is 2.51 bits per heavy atom. The molecule has 2 aliphatic heterocycles. The molecule has 9 nitrogen and oxygen atoms in total. The lowest BCUT2D eigenvalue weighted by atomic mass is 10.1. The van der Waals surface area contributed by atoms with Gasteiger partial charge in [-0.05, 0) is 47.9 Å². The zero-order valence-electron chi connectivity index (χ0n) is 23.8. The molecule has 5 aromatic rings. The van der Waals surface area contributed by atoms with Gasteiger partial charge in [-0.15, -0.1) is 10.2 Å². The summed E-state index contributed by atoms with van der Waals surface area (Å²) in [5, 5.41) is 10.3. The molecule has 7 rings (SSSR count). The minimum absolute atomic E-state index is 0.134. The number of ether oxygens (including phenoxy) is 2.